The molecule has 2 aromatic carbocycles. The van der Waals surface area contributed by atoms with Crippen molar-refractivity contribution >= 4 is 37.8 Å². The van der Waals surface area contributed by atoms with E-state index in [1.165, 1.54) is 17.7 Å². The van der Waals surface area contributed by atoms with Crippen LogP contribution in [0.3, 0.4) is 0 Å². The molecule has 0 saturated carbocycles. The second-order valence-corrected chi connectivity index (χ2v) is 7.12. The van der Waals surface area contributed by atoms with Crippen LogP contribution in [-0.2, 0) is 6.42 Å². The smallest absolute Gasteiger partial charge is 0.251 e. The predicted molar refractivity (Wildman–Crippen MR) is 87.2 cm³/mol. The number of hydrogen-bond donors (Lipinski definition) is 1. The Hall–Kier alpha value is -1.20. The normalized spacial score (nSPS) is 20.1. The maximum absolute atomic E-state index is 13.4. The molecule has 0 spiro atoms. The van der Waals surface area contributed by atoms with Crippen molar-refractivity contribution in [2.75, 3.05) is 0 Å². The second-order valence-electron chi connectivity index (χ2n) is 5.03. The molecule has 1 amide bonds. The van der Waals surface area contributed by atoms with Crippen molar-refractivity contribution in [3.8, 4) is 0 Å². The molecule has 0 heterocycles. The molecular weight excluding hydrogens is 401 g/mol. The lowest BCUT2D eigenvalue weighted by molar-refractivity contribution is 0.0937. The number of nitrogens with one attached hydrogen (secondary N) is 1. The van der Waals surface area contributed by atoms with Gasteiger partial charge in [0, 0.05) is 14.9 Å². The number of fused-ring (bicyclic) bond motifs is 1. The number of carbonyl (C=O) groups excluding carboxylic acids is 1. The molecule has 0 fully saturated rings. The maximum Gasteiger partial charge on any atom is 0.251 e. The van der Waals surface area contributed by atoms with Crippen molar-refractivity contribution in [3.63, 3.8) is 0 Å². The zero-order chi connectivity index (χ0) is 15.0. The second kappa shape index (κ2) is 5.89. The van der Waals surface area contributed by atoms with E-state index < -0.39 is 5.82 Å². The Labute approximate surface area is 139 Å². The quantitative estimate of drug-likeness (QED) is 0.728. The van der Waals surface area contributed by atoms with Gasteiger partial charge in [-0.1, -0.05) is 56.1 Å². The number of alkyl halides is 1. The van der Waals surface area contributed by atoms with Crippen LogP contribution in [0.25, 0.3) is 0 Å². The summed E-state index contributed by atoms with van der Waals surface area (Å²) in [6, 6.07) is 12.1. The molecule has 0 saturated heterocycles. The van der Waals surface area contributed by atoms with E-state index in [2.05, 4.69) is 43.2 Å². The molecule has 2 atom stereocenters. The third-order valence-electron chi connectivity index (χ3n) is 3.58. The SMILES string of the molecule is O=C(NC1c2ccccc2CC1Br)c1cc(F)cc(Br)c1. The summed E-state index contributed by atoms with van der Waals surface area (Å²) >= 11 is 6.82. The van der Waals surface area contributed by atoms with E-state index in [-0.39, 0.29) is 16.8 Å². The van der Waals surface area contributed by atoms with Crippen molar-refractivity contribution in [2.45, 2.75) is 17.3 Å². The van der Waals surface area contributed by atoms with Crippen molar-refractivity contribution in [1.82, 2.24) is 5.32 Å². The molecule has 3 rings (SSSR count). The summed E-state index contributed by atoms with van der Waals surface area (Å²) in [5.41, 5.74) is 2.65. The number of amides is 1. The van der Waals surface area contributed by atoms with Crippen LogP contribution in [0.15, 0.2) is 46.9 Å². The highest BCUT2D eigenvalue weighted by atomic mass is 79.9. The molecule has 1 aliphatic rings. The first-order chi connectivity index (χ1) is 10.0. The number of carbonyl (C=O) groups is 1. The lowest BCUT2D eigenvalue weighted by Gasteiger charge is -2.18. The Kier molecular flexibility index (Phi) is 4.13. The molecule has 0 aliphatic heterocycles. The van der Waals surface area contributed by atoms with Crippen molar-refractivity contribution in [1.29, 1.82) is 0 Å². The number of halogens is 3. The topological polar surface area (TPSA) is 29.1 Å². The fourth-order valence-electron chi connectivity index (χ4n) is 2.62. The Morgan fingerprint density at radius 2 is 2.00 bits per heavy atom. The average Bonchev–Trinajstić information content (AvgIpc) is 2.74. The zero-order valence-corrected chi connectivity index (χ0v) is 14.1. The molecule has 2 aromatic rings. The molecule has 0 radical (unpaired) electrons. The molecule has 21 heavy (non-hydrogen) atoms. The van der Waals surface area contributed by atoms with Crippen LogP contribution in [-0.4, -0.2) is 10.7 Å². The first-order valence-electron chi connectivity index (χ1n) is 6.53. The Balaban J connectivity index is 1.85. The van der Waals surface area contributed by atoms with Crippen LogP contribution in [0.1, 0.15) is 27.5 Å². The summed E-state index contributed by atoms with van der Waals surface area (Å²) in [5, 5.41) is 2.98. The molecule has 2 unspecified atom stereocenters. The van der Waals surface area contributed by atoms with Crippen molar-refractivity contribution < 1.29 is 9.18 Å². The molecule has 2 nitrogen and oxygen atoms in total. The van der Waals surface area contributed by atoms with Crippen LogP contribution in [0.5, 0.6) is 0 Å². The van der Waals surface area contributed by atoms with Gasteiger partial charge in [0.2, 0.25) is 0 Å². The van der Waals surface area contributed by atoms with Crippen LogP contribution in [0.2, 0.25) is 0 Å². The van der Waals surface area contributed by atoms with Gasteiger partial charge in [0.05, 0.1) is 6.04 Å². The average molecular weight is 413 g/mol. The van der Waals surface area contributed by atoms with Gasteiger partial charge in [-0.3, -0.25) is 4.79 Å². The van der Waals surface area contributed by atoms with Crippen molar-refractivity contribution in [3.05, 3.63) is 69.4 Å². The Bertz CT molecular complexity index is 684. The van der Waals surface area contributed by atoms with Crippen LogP contribution >= 0.6 is 31.9 Å². The molecule has 108 valence electrons. The van der Waals surface area contributed by atoms with E-state index in [0.717, 1.165) is 12.0 Å². The van der Waals surface area contributed by atoms with Gasteiger partial charge >= 0.3 is 0 Å². The minimum absolute atomic E-state index is 0.101. The minimum atomic E-state index is -0.434. The van der Waals surface area contributed by atoms with E-state index in [9.17, 15) is 9.18 Å². The fraction of sp³-hybridized carbons (Fsp3) is 0.188. The summed E-state index contributed by atoms with van der Waals surface area (Å²) < 4.78 is 13.9. The van der Waals surface area contributed by atoms with Gasteiger partial charge in [-0.05, 0) is 35.7 Å². The summed E-state index contributed by atoms with van der Waals surface area (Å²) in [5.74, 6) is -0.710. The van der Waals surface area contributed by atoms with Crippen LogP contribution in [0.4, 0.5) is 4.39 Å². The summed E-state index contributed by atoms with van der Waals surface area (Å²) in [6.45, 7) is 0. The molecule has 1 N–H and O–H groups in total. The largest absolute Gasteiger partial charge is 0.344 e. The summed E-state index contributed by atoms with van der Waals surface area (Å²) in [6.07, 6.45) is 0.869. The first-order valence-corrected chi connectivity index (χ1v) is 8.24. The van der Waals surface area contributed by atoms with Gasteiger partial charge < -0.3 is 5.32 Å². The minimum Gasteiger partial charge on any atom is -0.344 e. The highest BCUT2D eigenvalue weighted by Crippen LogP contribution is 2.35. The van der Waals surface area contributed by atoms with Gasteiger partial charge in [-0.25, -0.2) is 4.39 Å². The highest BCUT2D eigenvalue weighted by molar-refractivity contribution is 9.10. The third kappa shape index (κ3) is 3.04. The van der Waals surface area contributed by atoms with E-state index in [4.69, 9.17) is 0 Å². The summed E-state index contributed by atoms with van der Waals surface area (Å²) in [7, 11) is 0. The van der Waals surface area contributed by atoms with Gasteiger partial charge in [0.25, 0.3) is 5.91 Å². The molecular formula is C16H12Br2FNO. The molecule has 1 aliphatic carbocycles. The standard InChI is InChI=1S/C16H12Br2FNO/c17-11-5-10(6-12(19)8-11)16(21)20-15-13-4-2-1-3-9(13)7-14(15)18/h1-6,8,14-15H,7H2,(H,20,21). The number of benzene rings is 2. The summed E-state index contributed by atoms with van der Waals surface area (Å²) in [4.78, 5) is 12.5. The zero-order valence-electron chi connectivity index (χ0n) is 10.9. The van der Waals surface area contributed by atoms with E-state index in [0.29, 0.717) is 10.0 Å². The van der Waals surface area contributed by atoms with E-state index in [1.54, 1.807) is 6.07 Å². The lowest BCUT2D eigenvalue weighted by atomic mass is 10.1. The molecule has 0 aromatic heterocycles. The lowest BCUT2D eigenvalue weighted by Crippen LogP contribution is -2.31. The van der Waals surface area contributed by atoms with E-state index in [1.807, 2.05) is 18.2 Å². The Morgan fingerprint density at radius 3 is 2.76 bits per heavy atom. The van der Waals surface area contributed by atoms with Crippen LogP contribution in [0, 0.1) is 5.82 Å². The van der Waals surface area contributed by atoms with Gasteiger partial charge in [0.1, 0.15) is 5.82 Å². The Morgan fingerprint density at radius 1 is 1.24 bits per heavy atom. The van der Waals surface area contributed by atoms with Gasteiger partial charge in [-0.15, -0.1) is 0 Å². The van der Waals surface area contributed by atoms with Gasteiger partial charge in [-0.2, -0.15) is 0 Å². The first kappa shape index (κ1) is 14.7. The fourth-order valence-corrected chi connectivity index (χ4v) is 3.85. The molecule has 0 bridgehead atoms. The van der Waals surface area contributed by atoms with Crippen molar-refractivity contribution in [2.24, 2.45) is 0 Å². The number of rotatable bonds is 2. The predicted octanol–water partition coefficient (Wildman–Crippen LogP) is 4.38. The monoisotopic (exact) mass is 411 g/mol. The molecule has 5 heteroatoms. The van der Waals surface area contributed by atoms with Crippen LogP contribution < -0.4 is 5.32 Å². The number of hydrogen-bond acceptors (Lipinski definition) is 1. The van der Waals surface area contributed by atoms with Gasteiger partial charge in [0.15, 0.2) is 0 Å². The third-order valence-corrected chi connectivity index (χ3v) is 4.89. The van der Waals surface area contributed by atoms with E-state index >= 15 is 0 Å². The highest BCUT2D eigenvalue weighted by Gasteiger charge is 2.31. The maximum atomic E-state index is 13.4.